The van der Waals surface area contributed by atoms with Crippen LogP contribution in [0.2, 0.25) is 0 Å². The third kappa shape index (κ3) is 9.30. The molecular formula is C65H67N3O. The number of pyridine rings is 1. The lowest BCUT2D eigenvalue weighted by Crippen LogP contribution is -2.17. The number of para-hydroxylation sites is 1. The van der Waals surface area contributed by atoms with Gasteiger partial charge >= 0.3 is 0 Å². The van der Waals surface area contributed by atoms with E-state index in [2.05, 4.69) is 197 Å². The van der Waals surface area contributed by atoms with Gasteiger partial charge in [0.05, 0.1) is 28.0 Å². The zero-order valence-corrected chi connectivity index (χ0v) is 42.4. The fourth-order valence-electron chi connectivity index (χ4n) is 9.34. The molecule has 2 heterocycles. The highest BCUT2D eigenvalue weighted by molar-refractivity contribution is 5.98. The molecule has 1 N–H and O–H groups in total. The number of hydrogen-bond donors (Lipinski definition) is 1. The number of rotatable bonds is 7. The molecule has 0 saturated heterocycles. The van der Waals surface area contributed by atoms with Crippen LogP contribution in [0.4, 0.5) is 0 Å². The SMILES string of the molecule is [2H]C([2H])([2H])c1cc(-n2c(-c3cc(C(C)(C)C)cc(C(C)(C)C)c3O)nc3c(-c4cc(-c5cc(-c6ccccc6)ccn5)cc(C(C)(C)C)c4)cccc32)c(-c2ccc(C(C)(C)C)cc2)cc1-c1ccccc1. The molecule has 4 nitrogen and oxygen atoms in total. The average Bonchev–Trinajstić information content (AvgIpc) is 3.72. The molecule has 4 heteroatoms. The summed E-state index contributed by atoms with van der Waals surface area (Å²) in [6, 6.07) is 54.0. The van der Waals surface area contributed by atoms with Crippen LogP contribution in [0.15, 0.2) is 164 Å². The molecule has 0 spiro atoms. The van der Waals surface area contributed by atoms with E-state index < -0.39 is 12.3 Å². The van der Waals surface area contributed by atoms with E-state index in [4.69, 9.17) is 14.1 Å². The fourth-order valence-corrected chi connectivity index (χ4v) is 9.34. The number of phenolic OH excluding ortho intramolecular Hbond substituents is 1. The van der Waals surface area contributed by atoms with Gasteiger partial charge in [-0.25, -0.2) is 4.98 Å². The van der Waals surface area contributed by atoms with Crippen LogP contribution in [0.3, 0.4) is 0 Å². The van der Waals surface area contributed by atoms with E-state index in [1.165, 1.54) is 5.56 Å². The van der Waals surface area contributed by atoms with Crippen molar-refractivity contribution in [1.29, 1.82) is 0 Å². The van der Waals surface area contributed by atoms with Crippen LogP contribution in [0.5, 0.6) is 5.75 Å². The van der Waals surface area contributed by atoms with Gasteiger partial charge in [-0.1, -0.05) is 192 Å². The van der Waals surface area contributed by atoms with Crippen LogP contribution in [-0.2, 0) is 21.7 Å². The fraction of sp³-hybridized carbons (Fsp3) is 0.262. The third-order valence-corrected chi connectivity index (χ3v) is 13.5. The van der Waals surface area contributed by atoms with Gasteiger partial charge in [0.2, 0.25) is 0 Å². The highest BCUT2D eigenvalue weighted by Crippen LogP contribution is 2.47. The molecule has 0 bridgehead atoms. The van der Waals surface area contributed by atoms with Crippen molar-refractivity contribution in [3.63, 3.8) is 0 Å². The van der Waals surface area contributed by atoms with Crippen LogP contribution in [-0.4, -0.2) is 19.6 Å². The van der Waals surface area contributed by atoms with Crippen molar-refractivity contribution in [2.24, 2.45) is 0 Å². The van der Waals surface area contributed by atoms with Crippen molar-refractivity contribution in [3.8, 4) is 78.6 Å². The average molecular weight is 909 g/mol. The quantitative estimate of drug-likeness (QED) is 0.173. The molecule has 69 heavy (non-hydrogen) atoms. The topological polar surface area (TPSA) is 50.9 Å². The smallest absolute Gasteiger partial charge is 0.149 e. The highest BCUT2D eigenvalue weighted by Gasteiger charge is 2.30. The van der Waals surface area contributed by atoms with Gasteiger partial charge in [0.1, 0.15) is 11.6 Å². The first-order valence-corrected chi connectivity index (χ1v) is 24.2. The van der Waals surface area contributed by atoms with E-state index in [1.54, 1.807) is 0 Å². The maximum Gasteiger partial charge on any atom is 0.149 e. The molecule has 0 atom stereocenters. The molecule has 0 radical (unpaired) electrons. The molecule has 7 aromatic carbocycles. The lowest BCUT2D eigenvalue weighted by molar-refractivity contribution is 0.446. The predicted octanol–water partition coefficient (Wildman–Crippen LogP) is 17.6. The minimum Gasteiger partial charge on any atom is -0.507 e. The first kappa shape index (κ1) is 43.3. The molecular weight excluding hydrogens is 839 g/mol. The van der Waals surface area contributed by atoms with Gasteiger partial charge < -0.3 is 5.11 Å². The van der Waals surface area contributed by atoms with Crippen LogP contribution in [0, 0.1) is 6.85 Å². The Morgan fingerprint density at radius 3 is 1.68 bits per heavy atom. The van der Waals surface area contributed by atoms with E-state index in [9.17, 15) is 5.11 Å². The van der Waals surface area contributed by atoms with Gasteiger partial charge in [0.15, 0.2) is 0 Å². The van der Waals surface area contributed by atoms with Gasteiger partial charge in [-0.3, -0.25) is 9.55 Å². The van der Waals surface area contributed by atoms with Crippen molar-refractivity contribution in [3.05, 3.63) is 192 Å². The largest absolute Gasteiger partial charge is 0.507 e. The Morgan fingerprint density at radius 2 is 1.06 bits per heavy atom. The minimum atomic E-state index is -2.49. The van der Waals surface area contributed by atoms with Gasteiger partial charge in [0.25, 0.3) is 0 Å². The van der Waals surface area contributed by atoms with Crippen LogP contribution >= 0.6 is 0 Å². The van der Waals surface area contributed by atoms with Gasteiger partial charge in [-0.05, 0) is 133 Å². The Morgan fingerprint density at radius 1 is 0.449 bits per heavy atom. The Labute approximate surface area is 415 Å². The first-order valence-electron chi connectivity index (χ1n) is 25.7. The summed E-state index contributed by atoms with van der Waals surface area (Å²) in [6.07, 6.45) is 1.88. The second-order valence-corrected chi connectivity index (χ2v) is 22.8. The molecule has 0 aliphatic carbocycles. The summed E-state index contributed by atoms with van der Waals surface area (Å²) >= 11 is 0. The lowest BCUT2D eigenvalue weighted by Gasteiger charge is -2.28. The molecule has 0 saturated carbocycles. The van der Waals surface area contributed by atoms with E-state index in [0.717, 1.165) is 72.4 Å². The lowest BCUT2D eigenvalue weighted by atomic mass is 9.79. The second-order valence-electron chi connectivity index (χ2n) is 22.8. The monoisotopic (exact) mass is 909 g/mol. The Kier molecular flexibility index (Phi) is 11.0. The molecule has 0 aliphatic heterocycles. The maximum atomic E-state index is 12.8. The summed E-state index contributed by atoms with van der Waals surface area (Å²) in [5, 5.41) is 12.8. The van der Waals surface area contributed by atoms with Crippen molar-refractivity contribution < 1.29 is 9.22 Å². The molecule has 0 amide bonds. The van der Waals surface area contributed by atoms with E-state index in [0.29, 0.717) is 28.2 Å². The van der Waals surface area contributed by atoms with Crippen LogP contribution in [0.1, 0.15) is 115 Å². The van der Waals surface area contributed by atoms with Crippen molar-refractivity contribution >= 4 is 11.0 Å². The maximum absolute atomic E-state index is 12.8. The summed E-state index contributed by atoms with van der Waals surface area (Å²) in [5.41, 5.74) is 15.2. The zero-order valence-electron chi connectivity index (χ0n) is 45.4. The van der Waals surface area contributed by atoms with Crippen LogP contribution in [0.25, 0.3) is 83.9 Å². The summed E-state index contributed by atoms with van der Waals surface area (Å²) in [4.78, 5) is 10.6. The zero-order chi connectivity index (χ0) is 51.7. The van der Waals surface area contributed by atoms with Crippen molar-refractivity contribution in [2.45, 2.75) is 112 Å². The normalized spacial score (nSPS) is 13.3. The molecule has 2 aromatic heterocycles. The molecule has 9 aromatic rings. The van der Waals surface area contributed by atoms with Gasteiger partial charge in [-0.15, -0.1) is 0 Å². The number of fused-ring (bicyclic) bond motifs is 1. The van der Waals surface area contributed by atoms with E-state index in [-0.39, 0.29) is 27.6 Å². The molecule has 0 unspecified atom stereocenters. The number of aromatic nitrogens is 3. The standard InChI is InChI=1S/C65H67N3O/c1-41-33-58(53(40-52(41)43-23-18-15-19-24-43)44-27-29-48(30-28-44)62(2,3)4)68-57-26-20-25-51(59(57)67-61(68)54-38-50(64(8,9)10)39-55(60(54)69)65(11,12)13)46-34-47(36-49(35-46)63(5,6)7)56-37-45(31-32-66-56)42-21-16-14-17-22-42/h14-40,69H,1-13H3/i1D3. The highest BCUT2D eigenvalue weighted by atomic mass is 16.3. The third-order valence-electron chi connectivity index (χ3n) is 13.5. The molecule has 9 rings (SSSR count). The Balaban J connectivity index is 1.42. The number of aromatic hydroxyl groups is 1. The molecule has 0 fully saturated rings. The predicted molar refractivity (Wildman–Crippen MR) is 293 cm³/mol. The summed E-state index contributed by atoms with van der Waals surface area (Å²) < 4.78 is 29.4. The number of benzene rings is 7. The van der Waals surface area contributed by atoms with E-state index in [1.807, 2.05) is 54.7 Å². The summed E-state index contributed by atoms with van der Waals surface area (Å²) in [6.45, 7) is 23.7. The molecule has 0 aliphatic rings. The number of hydrogen-bond acceptors (Lipinski definition) is 3. The summed E-state index contributed by atoms with van der Waals surface area (Å²) in [7, 11) is 0. The second kappa shape index (κ2) is 17.5. The number of aryl methyl sites for hydroxylation is 1. The number of phenols is 1. The number of nitrogens with zero attached hydrogens (tertiary/aromatic N) is 3. The number of imidazole rings is 1. The van der Waals surface area contributed by atoms with E-state index >= 15 is 0 Å². The summed E-state index contributed by atoms with van der Waals surface area (Å²) in [5.74, 6) is 0.649. The van der Waals surface area contributed by atoms with Gasteiger partial charge in [-0.2, -0.15) is 0 Å². The minimum absolute atomic E-state index is 0.0862. The first-order chi connectivity index (χ1) is 33.8. The molecule has 348 valence electrons. The van der Waals surface area contributed by atoms with Gasteiger partial charge in [0, 0.05) is 32.6 Å². The van der Waals surface area contributed by atoms with Crippen molar-refractivity contribution in [2.75, 3.05) is 0 Å². The Bertz CT molecular complexity index is 3470. The Hall–Kier alpha value is -7.04. The van der Waals surface area contributed by atoms with Crippen LogP contribution < -0.4 is 0 Å². The van der Waals surface area contributed by atoms with Crippen molar-refractivity contribution in [1.82, 2.24) is 14.5 Å².